The Kier molecular flexibility index (Phi) is 4.31. The maximum Gasteiger partial charge on any atom is 0.241 e. The quantitative estimate of drug-likeness (QED) is 0.918. The second-order valence-electron chi connectivity index (χ2n) is 4.74. The molecule has 0 heterocycles. The number of hydrogen-bond donors (Lipinski definition) is 1. The molecule has 0 unspecified atom stereocenters. The predicted octanol–water partition coefficient (Wildman–Crippen LogP) is 2.05. The van der Waals surface area contributed by atoms with E-state index in [4.69, 9.17) is 14.6 Å². The Labute approximate surface area is 113 Å². The second-order valence-corrected chi connectivity index (χ2v) is 6.27. The Balaban J connectivity index is 2.29. The Morgan fingerprint density at radius 1 is 1.21 bits per heavy atom. The van der Waals surface area contributed by atoms with Gasteiger partial charge in [-0.2, -0.15) is 0 Å². The Hall–Kier alpha value is -1.27. The van der Waals surface area contributed by atoms with Crippen molar-refractivity contribution in [2.75, 3.05) is 7.11 Å². The van der Waals surface area contributed by atoms with Crippen molar-refractivity contribution >= 4 is 10.0 Å². The van der Waals surface area contributed by atoms with E-state index in [-0.39, 0.29) is 16.7 Å². The van der Waals surface area contributed by atoms with E-state index in [1.165, 1.54) is 19.6 Å². The first-order valence-electron chi connectivity index (χ1n) is 6.38. The van der Waals surface area contributed by atoms with E-state index in [0.29, 0.717) is 5.75 Å². The molecule has 0 radical (unpaired) electrons. The average Bonchev–Trinajstić information content (AvgIpc) is 2.38. The number of benzene rings is 1. The van der Waals surface area contributed by atoms with Crippen LogP contribution in [0.15, 0.2) is 23.1 Å². The van der Waals surface area contributed by atoms with Gasteiger partial charge in [0.2, 0.25) is 10.0 Å². The molecule has 1 aromatic carbocycles. The lowest BCUT2D eigenvalue weighted by Crippen LogP contribution is -2.22. The van der Waals surface area contributed by atoms with Gasteiger partial charge in [-0.25, -0.2) is 13.6 Å². The molecule has 0 spiro atoms. The molecule has 106 valence electrons. The highest BCUT2D eigenvalue weighted by Crippen LogP contribution is 2.31. The van der Waals surface area contributed by atoms with E-state index in [0.717, 1.165) is 25.7 Å². The Morgan fingerprint density at radius 3 is 2.47 bits per heavy atom. The van der Waals surface area contributed by atoms with Crippen LogP contribution in [0.4, 0.5) is 0 Å². The van der Waals surface area contributed by atoms with Crippen LogP contribution in [0.3, 0.4) is 0 Å². The third kappa shape index (κ3) is 3.61. The zero-order valence-electron chi connectivity index (χ0n) is 11.0. The zero-order valence-corrected chi connectivity index (χ0v) is 11.8. The first-order chi connectivity index (χ1) is 9.00. The first-order valence-corrected chi connectivity index (χ1v) is 7.93. The normalized spacial score (nSPS) is 17.2. The molecule has 0 aliphatic heterocycles. The van der Waals surface area contributed by atoms with Crippen molar-refractivity contribution in [2.24, 2.45) is 5.14 Å². The summed E-state index contributed by atoms with van der Waals surface area (Å²) in [5.41, 5.74) is 0. The molecule has 6 heteroatoms. The maximum absolute atomic E-state index is 11.6. The van der Waals surface area contributed by atoms with Crippen molar-refractivity contribution in [1.29, 1.82) is 0 Å². The number of sulfonamides is 1. The van der Waals surface area contributed by atoms with Crippen LogP contribution in [0.2, 0.25) is 0 Å². The van der Waals surface area contributed by atoms with E-state index >= 15 is 0 Å². The number of methoxy groups -OCH3 is 1. The fourth-order valence-corrected chi connectivity index (χ4v) is 2.95. The third-order valence-corrected chi connectivity index (χ3v) is 4.25. The second kappa shape index (κ2) is 5.79. The van der Waals surface area contributed by atoms with Gasteiger partial charge in [-0.15, -0.1) is 0 Å². The van der Waals surface area contributed by atoms with Crippen molar-refractivity contribution in [3.8, 4) is 11.5 Å². The molecule has 5 nitrogen and oxygen atoms in total. The minimum Gasteiger partial charge on any atom is -0.497 e. The van der Waals surface area contributed by atoms with Gasteiger partial charge in [0.15, 0.2) is 0 Å². The van der Waals surface area contributed by atoms with Gasteiger partial charge in [0.05, 0.1) is 13.2 Å². The van der Waals surface area contributed by atoms with Crippen molar-refractivity contribution in [3.63, 3.8) is 0 Å². The zero-order chi connectivity index (χ0) is 13.9. The molecule has 1 fully saturated rings. The molecule has 0 amide bonds. The first kappa shape index (κ1) is 14.1. The lowest BCUT2D eigenvalue weighted by atomic mass is 9.98. The lowest BCUT2D eigenvalue weighted by Gasteiger charge is -2.24. The van der Waals surface area contributed by atoms with Gasteiger partial charge in [0.25, 0.3) is 0 Å². The van der Waals surface area contributed by atoms with Crippen molar-refractivity contribution < 1.29 is 17.9 Å². The van der Waals surface area contributed by atoms with Crippen LogP contribution in [-0.4, -0.2) is 21.6 Å². The standard InChI is InChI=1S/C13H19NO4S/c1-17-11-7-8-13(19(14,15)16)12(9-11)18-10-5-3-2-4-6-10/h7-10H,2-6H2,1H3,(H2,14,15,16). The van der Waals surface area contributed by atoms with Gasteiger partial charge in [-0.05, 0) is 37.8 Å². The molecule has 19 heavy (non-hydrogen) atoms. The van der Waals surface area contributed by atoms with Crippen molar-refractivity contribution in [3.05, 3.63) is 18.2 Å². The predicted molar refractivity (Wildman–Crippen MR) is 71.9 cm³/mol. The number of primary sulfonamides is 1. The number of nitrogens with two attached hydrogens (primary N) is 1. The molecule has 1 saturated carbocycles. The van der Waals surface area contributed by atoms with Gasteiger partial charge >= 0.3 is 0 Å². The van der Waals surface area contributed by atoms with Gasteiger partial charge in [-0.1, -0.05) is 6.42 Å². The van der Waals surface area contributed by atoms with Crippen LogP contribution in [0.25, 0.3) is 0 Å². The summed E-state index contributed by atoms with van der Waals surface area (Å²) >= 11 is 0. The fraction of sp³-hybridized carbons (Fsp3) is 0.538. The highest BCUT2D eigenvalue weighted by Gasteiger charge is 2.21. The highest BCUT2D eigenvalue weighted by molar-refractivity contribution is 7.89. The van der Waals surface area contributed by atoms with Gasteiger partial charge < -0.3 is 9.47 Å². The van der Waals surface area contributed by atoms with Crippen LogP contribution in [0.1, 0.15) is 32.1 Å². The van der Waals surface area contributed by atoms with Crippen LogP contribution in [0.5, 0.6) is 11.5 Å². The molecule has 0 atom stereocenters. The minimum absolute atomic E-state index is 0.0128. The van der Waals surface area contributed by atoms with Crippen LogP contribution in [-0.2, 0) is 10.0 Å². The summed E-state index contributed by atoms with van der Waals surface area (Å²) in [5, 5.41) is 5.21. The summed E-state index contributed by atoms with van der Waals surface area (Å²) in [4.78, 5) is 0.0128. The molecule has 0 saturated heterocycles. The minimum atomic E-state index is -3.79. The van der Waals surface area contributed by atoms with Crippen LogP contribution in [0, 0.1) is 0 Å². The van der Waals surface area contributed by atoms with E-state index in [9.17, 15) is 8.42 Å². The monoisotopic (exact) mass is 285 g/mol. The SMILES string of the molecule is COc1ccc(S(N)(=O)=O)c(OC2CCCCC2)c1. The molecule has 2 N–H and O–H groups in total. The molecular formula is C13H19NO4S. The van der Waals surface area contributed by atoms with Gasteiger partial charge in [-0.3, -0.25) is 0 Å². The molecular weight excluding hydrogens is 266 g/mol. The van der Waals surface area contributed by atoms with Crippen molar-refractivity contribution in [2.45, 2.75) is 43.1 Å². The van der Waals surface area contributed by atoms with Gasteiger partial charge in [0, 0.05) is 6.07 Å². The summed E-state index contributed by atoms with van der Waals surface area (Å²) in [6.45, 7) is 0. The topological polar surface area (TPSA) is 78.6 Å². The van der Waals surface area contributed by atoms with Crippen molar-refractivity contribution in [1.82, 2.24) is 0 Å². The van der Waals surface area contributed by atoms with E-state index in [1.807, 2.05) is 0 Å². The molecule has 0 aromatic heterocycles. The molecule has 1 aliphatic carbocycles. The maximum atomic E-state index is 11.6. The summed E-state index contributed by atoms with van der Waals surface area (Å²) in [6, 6.07) is 4.56. The van der Waals surface area contributed by atoms with Gasteiger partial charge in [0.1, 0.15) is 16.4 Å². The summed E-state index contributed by atoms with van der Waals surface area (Å²) in [5.74, 6) is 0.840. The summed E-state index contributed by atoms with van der Waals surface area (Å²) in [6.07, 6.45) is 5.38. The molecule has 1 aromatic rings. The molecule has 2 rings (SSSR count). The summed E-state index contributed by atoms with van der Waals surface area (Å²) in [7, 11) is -2.27. The van der Waals surface area contributed by atoms with Crippen LogP contribution < -0.4 is 14.6 Å². The van der Waals surface area contributed by atoms with Crippen LogP contribution >= 0.6 is 0 Å². The molecule has 1 aliphatic rings. The van der Waals surface area contributed by atoms with E-state index in [1.54, 1.807) is 12.1 Å². The highest BCUT2D eigenvalue weighted by atomic mass is 32.2. The third-order valence-electron chi connectivity index (χ3n) is 3.30. The lowest BCUT2D eigenvalue weighted by molar-refractivity contribution is 0.150. The van der Waals surface area contributed by atoms with E-state index in [2.05, 4.69) is 0 Å². The number of rotatable bonds is 4. The Morgan fingerprint density at radius 2 is 1.89 bits per heavy atom. The Bertz CT molecular complexity index is 536. The smallest absolute Gasteiger partial charge is 0.241 e. The summed E-state index contributed by atoms with van der Waals surface area (Å²) < 4.78 is 34.0. The fourth-order valence-electron chi connectivity index (χ4n) is 2.31. The molecule has 0 bridgehead atoms. The number of ether oxygens (including phenoxy) is 2. The largest absolute Gasteiger partial charge is 0.497 e. The van der Waals surface area contributed by atoms with E-state index < -0.39 is 10.0 Å². The average molecular weight is 285 g/mol. The number of hydrogen-bond acceptors (Lipinski definition) is 4.